The highest BCUT2D eigenvalue weighted by Crippen LogP contribution is 2.30. The largest absolute Gasteiger partial charge is 0.497 e. The number of hydrogen-bond acceptors (Lipinski definition) is 7. The highest BCUT2D eigenvalue weighted by atomic mass is 35.5. The molecule has 36 heavy (non-hydrogen) atoms. The Bertz CT molecular complexity index is 1190. The lowest BCUT2D eigenvalue weighted by Gasteiger charge is -2.19. The summed E-state index contributed by atoms with van der Waals surface area (Å²) < 4.78 is 7.09. The molecule has 0 bridgehead atoms. The smallest absolute Gasteiger partial charge is 0.251 e. The van der Waals surface area contributed by atoms with E-state index in [1.807, 2.05) is 17.7 Å². The fourth-order valence-corrected chi connectivity index (χ4v) is 4.99. The number of ether oxygens (including phenoxy) is 1. The lowest BCUT2D eigenvalue weighted by molar-refractivity contribution is -0.113. The Kier molecular flexibility index (Phi) is 10.8. The number of halogens is 2. The van der Waals surface area contributed by atoms with Crippen LogP contribution in [0.5, 0.6) is 5.75 Å². The van der Waals surface area contributed by atoms with E-state index in [1.165, 1.54) is 11.8 Å². The number of benzene rings is 2. The van der Waals surface area contributed by atoms with Crippen LogP contribution in [0.2, 0.25) is 10.0 Å². The van der Waals surface area contributed by atoms with Gasteiger partial charge in [0, 0.05) is 12.1 Å². The Hall–Kier alpha value is -2.40. The number of aromatic nitrogens is 3. The summed E-state index contributed by atoms with van der Waals surface area (Å²) in [5.74, 6) is 1.81. The maximum atomic E-state index is 12.9. The molecule has 0 saturated heterocycles. The number of hydrogen-bond donors (Lipinski definition) is 2. The van der Waals surface area contributed by atoms with Crippen LogP contribution in [0, 0.1) is 0 Å². The van der Waals surface area contributed by atoms with E-state index < -0.39 is 0 Å². The number of amides is 2. The van der Waals surface area contributed by atoms with Gasteiger partial charge in [-0.25, -0.2) is 0 Å². The molecule has 0 aliphatic rings. The van der Waals surface area contributed by atoms with E-state index in [9.17, 15) is 9.59 Å². The molecule has 2 aromatic carbocycles. The number of nitrogens with zero attached hydrogens (tertiary/aromatic N) is 3. The quantitative estimate of drug-likeness (QED) is 0.276. The standard InChI is InChI=1S/C24H27Cl2N5O3S2/c1-4-31-22(19(12-13-35-3)28-23(33)15-8-10-16(34-2)11-9-15)29-30-24(31)36-14-20(32)27-18-7-5-6-17(25)21(18)26/h5-11,19H,4,12-14H2,1-3H3,(H,27,32)(H,28,33)/t19-/m1/s1. The molecule has 8 nitrogen and oxygen atoms in total. The SMILES string of the molecule is CCn1c(SCC(=O)Nc2cccc(Cl)c2Cl)nnc1[C@@H](CCSC)NC(=O)c1ccc(OC)cc1. The molecule has 1 heterocycles. The summed E-state index contributed by atoms with van der Waals surface area (Å²) in [6.45, 7) is 2.56. The lowest BCUT2D eigenvalue weighted by atomic mass is 10.1. The van der Waals surface area contributed by atoms with Crippen LogP contribution in [0.4, 0.5) is 5.69 Å². The Morgan fingerprint density at radius 3 is 2.56 bits per heavy atom. The van der Waals surface area contributed by atoms with Gasteiger partial charge in [0.2, 0.25) is 5.91 Å². The zero-order valence-electron chi connectivity index (χ0n) is 20.1. The first-order chi connectivity index (χ1) is 17.4. The van der Waals surface area contributed by atoms with Gasteiger partial charge in [0.15, 0.2) is 11.0 Å². The van der Waals surface area contributed by atoms with E-state index in [2.05, 4.69) is 20.8 Å². The summed E-state index contributed by atoms with van der Waals surface area (Å²) in [6, 6.07) is 11.6. The van der Waals surface area contributed by atoms with Crippen molar-refractivity contribution in [2.45, 2.75) is 31.1 Å². The minimum atomic E-state index is -0.340. The fourth-order valence-electron chi connectivity index (χ4n) is 3.36. The van der Waals surface area contributed by atoms with Gasteiger partial charge in [-0.15, -0.1) is 10.2 Å². The topological polar surface area (TPSA) is 98.1 Å². The minimum absolute atomic E-state index is 0.106. The first-order valence-electron chi connectivity index (χ1n) is 11.1. The molecule has 0 saturated carbocycles. The Morgan fingerprint density at radius 2 is 1.89 bits per heavy atom. The molecule has 0 aliphatic carbocycles. The van der Waals surface area contributed by atoms with Crippen molar-refractivity contribution < 1.29 is 14.3 Å². The third kappa shape index (κ3) is 7.32. The van der Waals surface area contributed by atoms with Gasteiger partial charge in [0.1, 0.15) is 5.75 Å². The Labute approximate surface area is 228 Å². The molecule has 12 heteroatoms. The van der Waals surface area contributed by atoms with Crippen molar-refractivity contribution in [3.05, 3.63) is 63.9 Å². The zero-order chi connectivity index (χ0) is 26.1. The summed E-state index contributed by atoms with van der Waals surface area (Å²) in [7, 11) is 1.58. The van der Waals surface area contributed by atoms with Gasteiger partial charge >= 0.3 is 0 Å². The summed E-state index contributed by atoms with van der Waals surface area (Å²) >= 11 is 15.1. The molecule has 0 spiro atoms. The summed E-state index contributed by atoms with van der Waals surface area (Å²) in [4.78, 5) is 25.5. The minimum Gasteiger partial charge on any atom is -0.497 e. The van der Waals surface area contributed by atoms with Crippen LogP contribution in [0.15, 0.2) is 47.6 Å². The number of rotatable bonds is 12. The molecule has 2 N–H and O–H groups in total. The van der Waals surface area contributed by atoms with Crippen molar-refractivity contribution in [3.63, 3.8) is 0 Å². The highest BCUT2D eigenvalue weighted by Gasteiger charge is 2.23. The van der Waals surface area contributed by atoms with E-state index in [4.69, 9.17) is 27.9 Å². The van der Waals surface area contributed by atoms with Crippen LogP contribution in [0.25, 0.3) is 0 Å². The number of carbonyl (C=O) groups is 2. The lowest BCUT2D eigenvalue weighted by Crippen LogP contribution is -2.31. The van der Waals surface area contributed by atoms with Crippen LogP contribution >= 0.6 is 46.7 Å². The summed E-state index contributed by atoms with van der Waals surface area (Å²) in [5.41, 5.74) is 0.976. The summed E-state index contributed by atoms with van der Waals surface area (Å²) in [5, 5.41) is 15.8. The van der Waals surface area contributed by atoms with Crippen LogP contribution < -0.4 is 15.4 Å². The number of anilines is 1. The molecule has 1 atom stereocenters. The van der Waals surface area contributed by atoms with Crippen molar-refractivity contribution in [1.29, 1.82) is 0 Å². The second kappa shape index (κ2) is 13.8. The van der Waals surface area contributed by atoms with Gasteiger partial charge in [-0.3, -0.25) is 9.59 Å². The van der Waals surface area contributed by atoms with Crippen LogP contribution in [0.1, 0.15) is 35.6 Å². The van der Waals surface area contributed by atoms with Crippen LogP contribution in [-0.2, 0) is 11.3 Å². The predicted molar refractivity (Wildman–Crippen MR) is 148 cm³/mol. The zero-order valence-corrected chi connectivity index (χ0v) is 23.2. The molecule has 192 valence electrons. The second-order valence-corrected chi connectivity index (χ2v) is 10.3. The van der Waals surface area contributed by atoms with Gasteiger partial charge in [-0.2, -0.15) is 11.8 Å². The molecule has 1 aromatic heterocycles. The predicted octanol–water partition coefficient (Wildman–Crippen LogP) is 5.57. The van der Waals surface area contributed by atoms with Gasteiger partial charge in [0.25, 0.3) is 5.91 Å². The van der Waals surface area contributed by atoms with E-state index in [0.29, 0.717) is 51.0 Å². The average Bonchev–Trinajstić information content (AvgIpc) is 3.30. The van der Waals surface area contributed by atoms with Gasteiger partial charge in [0.05, 0.1) is 34.6 Å². The molecule has 3 aromatic rings. The molecule has 2 amide bonds. The van der Waals surface area contributed by atoms with E-state index in [-0.39, 0.29) is 23.6 Å². The fraction of sp³-hybridized carbons (Fsp3) is 0.333. The van der Waals surface area contributed by atoms with Crippen molar-refractivity contribution in [1.82, 2.24) is 20.1 Å². The number of thioether (sulfide) groups is 2. The number of nitrogens with one attached hydrogen (secondary N) is 2. The monoisotopic (exact) mass is 567 g/mol. The van der Waals surface area contributed by atoms with Crippen molar-refractivity contribution >= 4 is 64.2 Å². The third-order valence-electron chi connectivity index (χ3n) is 5.20. The highest BCUT2D eigenvalue weighted by molar-refractivity contribution is 7.99. The molecular weight excluding hydrogens is 541 g/mol. The van der Waals surface area contributed by atoms with Crippen LogP contribution in [-0.4, -0.2) is 51.5 Å². The molecule has 0 unspecified atom stereocenters. The third-order valence-corrected chi connectivity index (χ3v) is 7.63. The van der Waals surface area contributed by atoms with E-state index in [0.717, 1.165) is 5.75 Å². The van der Waals surface area contributed by atoms with Gasteiger partial charge in [-0.1, -0.05) is 41.0 Å². The van der Waals surface area contributed by atoms with Crippen LogP contribution in [0.3, 0.4) is 0 Å². The first-order valence-corrected chi connectivity index (χ1v) is 14.2. The Morgan fingerprint density at radius 1 is 1.14 bits per heavy atom. The van der Waals surface area contributed by atoms with Crippen molar-refractivity contribution in [2.24, 2.45) is 0 Å². The molecule has 3 rings (SSSR count). The van der Waals surface area contributed by atoms with E-state index in [1.54, 1.807) is 61.3 Å². The normalized spacial score (nSPS) is 11.7. The van der Waals surface area contributed by atoms with Crippen molar-refractivity contribution in [2.75, 3.05) is 30.2 Å². The van der Waals surface area contributed by atoms with Gasteiger partial charge < -0.3 is 19.9 Å². The average molecular weight is 569 g/mol. The number of carbonyl (C=O) groups excluding carboxylic acids is 2. The molecule has 0 aliphatic heterocycles. The van der Waals surface area contributed by atoms with Gasteiger partial charge in [-0.05, 0) is 61.8 Å². The summed E-state index contributed by atoms with van der Waals surface area (Å²) in [6.07, 6.45) is 2.69. The van der Waals surface area contributed by atoms with E-state index >= 15 is 0 Å². The number of methoxy groups -OCH3 is 1. The first kappa shape index (κ1) is 28.2. The van der Waals surface area contributed by atoms with Crippen molar-refractivity contribution in [3.8, 4) is 5.75 Å². The maximum absolute atomic E-state index is 12.9. The Balaban J connectivity index is 1.72. The second-order valence-electron chi connectivity index (χ2n) is 7.56. The molecule has 0 fully saturated rings. The molecule has 0 radical (unpaired) electrons. The maximum Gasteiger partial charge on any atom is 0.251 e. The molecular formula is C24H27Cl2N5O3S2.